The lowest BCUT2D eigenvalue weighted by atomic mass is 10.1. The number of nitrogens with one attached hydrogen (secondary N) is 2. The van der Waals surface area contributed by atoms with Gasteiger partial charge in [-0.1, -0.05) is 36.4 Å². The van der Waals surface area contributed by atoms with Crippen molar-refractivity contribution in [3.8, 4) is 10.4 Å². The van der Waals surface area contributed by atoms with Gasteiger partial charge in [-0.05, 0) is 54.1 Å². The van der Waals surface area contributed by atoms with Crippen LogP contribution in [0.15, 0.2) is 72.1 Å². The van der Waals surface area contributed by atoms with E-state index in [9.17, 15) is 9.59 Å². The van der Waals surface area contributed by atoms with Crippen molar-refractivity contribution in [2.75, 3.05) is 5.32 Å². The van der Waals surface area contributed by atoms with Crippen molar-refractivity contribution in [1.29, 1.82) is 0 Å². The Kier molecular flexibility index (Phi) is 5.35. The van der Waals surface area contributed by atoms with Gasteiger partial charge in [0, 0.05) is 33.8 Å². The van der Waals surface area contributed by atoms with E-state index in [1.54, 1.807) is 29.5 Å². The van der Waals surface area contributed by atoms with Gasteiger partial charge in [0.15, 0.2) is 0 Å². The first kappa shape index (κ1) is 18.2. The van der Waals surface area contributed by atoms with Gasteiger partial charge in [0.05, 0.1) is 0 Å². The summed E-state index contributed by atoms with van der Waals surface area (Å²) in [6.07, 6.45) is 5.38. The van der Waals surface area contributed by atoms with E-state index in [2.05, 4.69) is 10.6 Å². The zero-order valence-corrected chi connectivity index (χ0v) is 16.0. The third-order valence-electron chi connectivity index (χ3n) is 4.48. The van der Waals surface area contributed by atoms with Crippen LogP contribution in [0.1, 0.15) is 28.8 Å². The highest BCUT2D eigenvalue weighted by atomic mass is 32.1. The molecule has 1 saturated carbocycles. The van der Waals surface area contributed by atoms with Gasteiger partial charge in [-0.25, -0.2) is 0 Å². The number of para-hydroxylation sites is 1. The minimum absolute atomic E-state index is 0.0408. The highest BCUT2D eigenvalue weighted by molar-refractivity contribution is 7.13. The molecule has 2 amide bonds. The number of benzene rings is 2. The molecule has 1 fully saturated rings. The van der Waals surface area contributed by atoms with Crippen molar-refractivity contribution < 1.29 is 9.59 Å². The van der Waals surface area contributed by atoms with Crippen LogP contribution in [-0.4, -0.2) is 17.9 Å². The molecule has 3 aromatic rings. The molecule has 2 aromatic carbocycles. The highest BCUT2D eigenvalue weighted by Crippen LogP contribution is 2.31. The van der Waals surface area contributed by atoms with Crippen LogP contribution in [0.25, 0.3) is 16.5 Å². The molecule has 28 heavy (non-hydrogen) atoms. The molecule has 1 heterocycles. The first-order valence-electron chi connectivity index (χ1n) is 9.22. The van der Waals surface area contributed by atoms with Gasteiger partial charge in [-0.2, -0.15) is 0 Å². The van der Waals surface area contributed by atoms with Crippen LogP contribution in [0.4, 0.5) is 5.69 Å². The van der Waals surface area contributed by atoms with Crippen LogP contribution in [0.2, 0.25) is 0 Å². The maximum absolute atomic E-state index is 12.4. The van der Waals surface area contributed by atoms with E-state index < -0.39 is 0 Å². The van der Waals surface area contributed by atoms with E-state index in [-0.39, 0.29) is 11.8 Å². The van der Waals surface area contributed by atoms with Crippen molar-refractivity contribution in [1.82, 2.24) is 5.32 Å². The topological polar surface area (TPSA) is 58.2 Å². The molecule has 0 aliphatic heterocycles. The van der Waals surface area contributed by atoms with Crippen LogP contribution in [0.3, 0.4) is 0 Å². The molecule has 1 aliphatic carbocycles. The molecule has 1 aliphatic rings. The summed E-state index contributed by atoms with van der Waals surface area (Å²) < 4.78 is 0. The lowest BCUT2D eigenvalue weighted by Gasteiger charge is -2.08. The van der Waals surface area contributed by atoms with Crippen LogP contribution in [0, 0.1) is 0 Å². The zero-order valence-electron chi connectivity index (χ0n) is 15.2. The molecule has 4 nitrogen and oxygen atoms in total. The molecule has 0 bridgehead atoms. The molecular formula is C23H20N2O2S. The largest absolute Gasteiger partial charge is 0.349 e. The Balaban J connectivity index is 1.40. The SMILES string of the molecule is O=C(/C=C/c1ccc(C(=O)NC2CC2)cc1)Nc1ccccc1-c1cccs1. The van der Waals surface area contributed by atoms with Crippen LogP contribution < -0.4 is 10.6 Å². The van der Waals surface area contributed by atoms with E-state index in [0.717, 1.165) is 34.5 Å². The average molecular weight is 388 g/mol. The van der Waals surface area contributed by atoms with E-state index in [1.807, 2.05) is 53.9 Å². The van der Waals surface area contributed by atoms with E-state index in [4.69, 9.17) is 0 Å². The number of rotatable bonds is 6. The predicted molar refractivity (Wildman–Crippen MR) is 114 cm³/mol. The number of carbonyl (C=O) groups excluding carboxylic acids is 2. The Bertz CT molecular complexity index is 1000. The Hall–Kier alpha value is -3.18. The minimum atomic E-state index is -0.195. The lowest BCUT2D eigenvalue weighted by Crippen LogP contribution is -2.25. The molecule has 0 saturated heterocycles. The number of hydrogen-bond donors (Lipinski definition) is 2. The fourth-order valence-electron chi connectivity index (χ4n) is 2.83. The second-order valence-corrected chi connectivity index (χ2v) is 7.66. The molecule has 0 spiro atoms. The van der Waals surface area contributed by atoms with Crippen molar-refractivity contribution in [2.24, 2.45) is 0 Å². The van der Waals surface area contributed by atoms with Gasteiger partial charge in [0.25, 0.3) is 5.91 Å². The molecule has 1 aromatic heterocycles. The first-order chi connectivity index (χ1) is 13.7. The summed E-state index contributed by atoms with van der Waals surface area (Å²) >= 11 is 1.64. The summed E-state index contributed by atoms with van der Waals surface area (Å²) in [6.45, 7) is 0. The number of anilines is 1. The van der Waals surface area contributed by atoms with Crippen LogP contribution in [-0.2, 0) is 4.79 Å². The quantitative estimate of drug-likeness (QED) is 0.587. The Morgan fingerprint density at radius 1 is 0.964 bits per heavy atom. The van der Waals surface area contributed by atoms with Crippen molar-refractivity contribution in [3.63, 3.8) is 0 Å². The van der Waals surface area contributed by atoms with Crippen molar-refractivity contribution in [3.05, 3.63) is 83.2 Å². The molecule has 2 N–H and O–H groups in total. The summed E-state index contributed by atoms with van der Waals surface area (Å²) in [5, 5.41) is 7.92. The Labute approximate surface area is 167 Å². The smallest absolute Gasteiger partial charge is 0.251 e. The van der Waals surface area contributed by atoms with Crippen molar-refractivity contribution >= 4 is 34.9 Å². The summed E-state index contributed by atoms with van der Waals surface area (Å²) in [7, 11) is 0. The molecule has 4 rings (SSSR count). The standard InChI is InChI=1S/C23H20N2O2S/c26-22(25-20-5-2-1-4-19(20)21-6-3-15-28-21)14-9-16-7-10-17(11-8-16)23(27)24-18-12-13-18/h1-11,14-15,18H,12-13H2,(H,24,27)(H,25,26)/b14-9+. The fourth-order valence-corrected chi connectivity index (χ4v) is 3.59. The number of thiophene rings is 1. The molecule has 0 radical (unpaired) electrons. The normalized spacial score (nSPS) is 13.4. The van der Waals surface area contributed by atoms with Crippen molar-refractivity contribution in [2.45, 2.75) is 18.9 Å². The first-order valence-corrected chi connectivity index (χ1v) is 10.1. The maximum Gasteiger partial charge on any atom is 0.251 e. The fraction of sp³-hybridized carbons (Fsp3) is 0.130. The summed E-state index contributed by atoms with van der Waals surface area (Å²) in [5.74, 6) is -0.236. The second kappa shape index (κ2) is 8.23. The zero-order chi connectivity index (χ0) is 19.3. The van der Waals surface area contributed by atoms with Gasteiger partial charge in [-0.15, -0.1) is 11.3 Å². The summed E-state index contributed by atoms with van der Waals surface area (Å²) in [6, 6.07) is 19.4. The number of hydrogen-bond acceptors (Lipinski definition) is 3. The monoisotopic (exact) mass is 388 g/mol. The van der Waals surface area contributed by atoms with E-state index in [1.165, 1.54) is 6.08 Å². The minimum Gasteiger partial charge on any atom is -0.349 e. The average Bonchev–Trinajstić information content (AvgIpc) is 3.36. The second-order valence-electron chi connectivity index (χ2n) is 6.72. The predicted octanol–water partition coefficient (Wildman–Crippen LogP) is 4.96. The third-order valence-corrected chi connectivity index (χ3v) is 5.39. The van der Waals surface area contributed by atoms with Gasteiger partial charge in [-0.3, -0.25) is 9.59 Å². The van der Waals surface area contributed by atoms with Gasteiger partial charge < -0.3 is 10.6 Å². The summed E-state index contributed by atoms with van der Waals surface area (Å²) in [4.78, 5) is 25.5. The molecule has 0 atom stereocenters. The van der Waals surface area contributed by atoms with Gasteiger partial charge >= 0.3 is 0 Å². The summed E-state index contributed by atoms with van der Waals surface area (Å²) in [5.41, 5.74) is 3.29. The third kappa shape index (κ3) is 4.56. The lowest BCUT2D eigenvalue weighted by molar-refractivity contribution is -0.111. The van der Waals surface area contributed by atoms with Crippen LogP contribution >= 0.6 is 11.3 Å². The Morgan fingerprint density at radius 2 is 1.75 bits per heavy atom. The number of amides is 2. The molecular weight excluding hydrogens is 368 g/mol. The maximum atomic E-state index is 12.4. The van der Waals surface area contributed by atoms with Crippen LogP contribution in [0.5, 0.6) is 0 Å². The van der Waals surface area contributed by atoms with E-state index >= 15 is 0 Å². The molecule has 0 unspecified atom stereocenters. The van der Waals surface area contributed by atoms with Gasteiger partial charge in [0.1, 0.15) is 0 Å². The Morgan fingerprint density at radius 3 is 2.46 bits per heavy atom. The molecule has 140 valence electrons. The number of carbonyl (C=O) groups is 2. The van der Waals surface area contributed by atoms with Gasteiger partial charge in [0.2, 0.25) is 5.91 Å². The molecule has 5 heteroatoms. The highest BCUT2D eigenvalue weighted by Gasteiger charge is 2.23. The van der Waals surface area contributed by atoms with E-state index in [0.29, 0.717) is 11.6 Å².